The van der Waals surface area contributed by atoms with Gasteiger partial charge in [0.1, 0.15) is 0 Å². The summed E-state index contributed by atoms with van der Waals surface area (Å²) in [6.07, 6.45) is 6.33. The summed E-state index contributed by atoms with van der Waals surface area (Å²) in [4.78, 5) is 20.8. The number of hydrogen-bond acceptors (Lipinski definition) is 5. The summed E-state index contributed by atoms with van der Waals surface area (Å²) in [6.45, 7) is 2.23. The van der Waals surface area contributed by atoms with Gasteiger partial charge in [-0.15, -0.1) is 0 Å². The van der Waals surface area contributed by atoms with Crippen LogP contribution in [0.25, 0.3) is 6.08 Å². The van der Waals surface area contributed by atoms with E-state index in [0.717, 1.165) is 35.7 Å². The predicted molar refractivity (Wildman–Crippen MR) is 122 cm³/mol. The first-order chi connectivity index (χ1) is 14.6. The van der Waals surface area contributed by atoms with Gasteiger partial charge in [-0.05, 0) is 66.4 Å². The van der Waals surface area contributed by atoms with Crippen molar-refractivity contribution in [1.82, 2.24) is 4.90 Å². The lowest BCUT2D eigenvalue weighted by atomic mass is 9.85. The van der Waals surface area contributed by atoms with E-state index in [-0.39, 0.29) is 17.7 Å². The van der Waals surface area contributed by atoms with Crippen molar-refractivity contribution in [2.75, 3.05) is 7.11 Å². The molecule has 5 nitrogen and oxygen atoms in total. The van der Waals surface area contributed by atoms with Gasteiger partial charge in [-0.25, -0.2) is 4.99 Å². The molecule has 1 heterocycles. The molecule has 0 spiro atoms. The van der Waals surface area contributed by atoms with Crippen LogP contribution in [0.1, 0.15) is 38.2 Å². The highest BCUT2D eigenvalue weighted by molar-refractivity contribution is 8.18. The van der Waals surface area contributed by atoms with E-state index in [9.17, 15) is 9.90 Å². The highest BCUT2D eigenvalue weighted by atomic mass is 32.2. The Labute approximate surface area is 181 Å². The van der Waals surface area contributed by atoms with Crippen molar-refractivity contribution in [2.24, 2.45) is 10.9 Å². The molecule has 2 aromatic carbocycles. The van der Waals surface area contributed by atoms with Gasteiger partial charge in [0, 0.05) is 6.04 Å². The lowest BCUT2D eigenvalue weighted by molar-refractivity contribution is -0.124. The number of carbonyl (C=O) groups excluding carboxylic acids is 1. The Bertz CT molecular complexity index is 987. The molecule has 2 aromatic rings. The summed E-state index contributed by atoms with van der Waals surface area (Å²) in [5.74, 6) is 0.905. The molecule has 1 N–H and O–H groups in total. The molecule has 1 aliphatic carbocycles. The third-order valence-corrected chi connectivity index (χ3v) is 6.70. The van der Waals surface area contributed by atoms with Crippen LogP contribution in [-0.2, 0) is 4.79 Å². The summed E-state index contributed by atoms with van der Waals surface area (Å²) in [5.41, 5.74) is 1.65. The number of phenols is 1. The van der Waals surface area contributed by atoms with Crippen molar-refractivity contribution in [1.29, 1.82) is 0 Å². The van der Waals surface area contributed by atoms with Gasteiger partial charge in [-0.2, -0.15) is 0 Å². The molecule has 2 fully saturated rings. The number of thioether (sulfide) groups is 1. The molecule has 1 saturated heterocycles. The van der Waals surface area contributed by atoms with E-state index in [1.807, 2.05) is 41.3 Å². The summed E-state index contributed by atoms with van der Waals surface area (Å²) < 4.78 is 5.20. The van der Waals surface area contributed by atoms with Gasteiger partial charge in [0.2, 0.25) is 0 Å². The van der Waals surface area contributed by atoms with Gasteiger partial charge >= 0.3 is 0 Å². The maximum Gasteiger partial charge on any atom is 0.267 e. The number of aliphatic imine (C=N–C) groups is 1. The average molecular weight is 423 g/mol. The SMILES string of the molecule is COc1cc(/C=C2\SC(=Nc3ccccc3)N([C@@H]3CCCC[C@@H]3C)C2=O)ccc1O. The Morgan fingerprint density at radius 3 is 2.67 bits per heavy atom. The molecule has 0 unspecified atom stereocenters. The van der Waals surface area contributed by atoms with Crippen LogP contribution in [0.5, 0.6) is 11.5 Å². The second kappa shape index (κ2) is 8.96. The molecule has 6 heteroatoms. The van der Waals surface area contributed by atoms with E-state index in [1.165, 1.54) is 25.3 Å². The van der Waals surface area contributed by atoms with E-state index in [0.29, 0.717) is 16.6 Å². The van der Waals surface area contributed by atoms with Crippen LogP contribution in [-0.4, -0.2) is 34.2 Å². The summed E-state index contributed by atoms with van der Waals surface area (Å²) in [6, 6.07) is 15.0. The quantitative estimate of drug-likeness (QED) is 0.653. The fourth-order valence-electron chi connectivity index (χ4n) is 4.09. The average Bonchev–Trinajstić information content (AvgIpc) is 3.05. The number of nitrogens with zero attached hydrogens (tertiary/aromatic N) is 2. The van der Waals surface area contributed by atoms with Gasteiger partial charge in [0.05, 0.1) is 17.7 Å². The van der Waals surface area contributed by atoms with Crippen molar-refractivity contribution in [3.8, 4) is 11.5 Å². The monoisotopic (exact) mass is 422 g/mol. The van der Waals surface area contributed by atoms with Gasteiger partial charge in [-0.3, -0.25) is 9.69 Å². The molecule has 4 rings (SSSR count). The van der Waals surface area contributed by atoms with Crippen molar-refractivity contribution in [3.63, 3.8) is 0 Å². The Hall–Kier alpha value is -2.73. The van der Waals surface area contributed by atoms with Gasteiger partial charge in [-0.1, -0.05) is 44.0 Å². The van der Waals surface area contributed by atoms with E-state index in [2.05, 4.69) is 6.92 Å². The first kappa shape index (κ1) is 20.5. The molecular weight excluding hydrogens is 396 g/mol. The molecule has 0 radical (unpaired) electrons. The zero-order chi connectivity index (χ0) is 21.1. The van der Waals surface area contributed by atoms with E-state index < -0.39 is 0 Å². The lowest BCUT2D eigenvalue weighted by Gasteiger charge is -2.35. The highest BCUT2D eigenvalue weighted by Crippen LogP contribution is 2.40. The van der Waals surface area contributed by atoms with Crippen molar-refractivity contribution in [3.05, 3.63) is 59.0 Å². The molecule has 156 valence electrons. The first-order valence-electron chi connectivity index (χ1n) is 10.3. The fourth-order valence-corrected chi connectivity index (χ4v) is 5.13. The number of amidine groups is 1. The van der Waals surface area contributed by atoms with Crippen LogP contribution in [0.3, 0.4) is 0 Å². The van der Waals surface area contributed by atoms with Crippen molar-refractivity contribution < 1.29 is 14.6 Å². The highest BCUT2D eigenvalue weighted by Gasteiger charge is 2.41. The Morgan fingerprint density at radius 1 is 1.17 bits per heavy atom. The van der Waals surface area contributed by atoms with Crippen LogP contribution in [0, 0.1) is 5.92 Å². The molecule has 1 saturated carbocycles. The number of phenolic OH excluding ortho intramolecular Hbond substituents is 1. The number of methoxy groups -OCH3 is 1. The molecule has 2 atom stereocenters. The number of hydrogen-bond donors (Lipinski definition) is 1. The summed E-state index contributed by atoms with van der Waals surface area (Å²) in [7, 11) is 1.51. The smallest absolute Gasteiger partial charge is 0.267 e. The molecule has 1 amide bonds. The zero-order valence-electron chi connectivity index (χ0n) is 17.2. The van der Waals surface area contributed by atoms with E-state index in [4.69, 9.17) is 9.73 Å². The summed E-state index contributed by atoms with van der Waals surface area (Å²) >= 11 is 1.41. The zero-order valence-corrected chi connectivity index (χ0v) is 18.1. The molecular formula is C24H26N2O3S. The van der Waals surface area contributed by atoms with Crippen molar-refractivity contribution >= 4 is 34.6 Å². The number of benzene rings is 2. The van der Waals surface area contributed by atoms with Crippen molar-refractivity contribution in [2.45, 2.75) is 38.6 Å². The number of rotatable bonds is 4. The van der Waals surface area contributed by atoms with Crippen LogP contribution in [0.4, 0.5) is 5.69 Å². The third-order valence-electron chi connectivity index (χ3n) is 5.72. The maximum absolute atomic E-state index is 13.5. The standard InChI is InChI=1S/C24H26N2O3S/c1-16-8-6-7-11-19(16)26-23(28)22(15-17-12-13-20(27)21(14-17)29-2)30-24(26)25-18-9-4-3-5-10-18/h3-5,9-10,12-16,19,27H,6-8,11H2,1-2H3/b22-15-,25-24?/t16-,19+/m0/s1. The fraction of sp³-hybridized carbons (Fsp3) is 0.333. The van der Waals surface area contributed by atoms with Gasteiger partial charge in [0.15, 0.2) is 16.7 Å². The first-order valence-corrected chi connectivity index (χ1v) is 11.1. The minimum atomic E-state index is 0.000438. The van der Waals surface area contributed by atoms with Crippen LogP contribution in [0.2, 0.25) is 0 Å². The molecule has 0 bridgehead atoms. The minimum absolute atomic E-state index is 0.000438. The van der Waals surface area contributed by atoms with E-state index in [1.54, 1.807) is 18.2 Å². The van der Waals surface area contributed by atoms with Crippen LogP contribution in [0.15, 0.2) is 58.4 Å². The molecule has 0 aromatic heterocycles. The lowest BCUT2D eigenvalue weighted by Crippen LogP contribution is -2.44. The number of aromatic hydroxyl groups is 1. The predicted octanol–water partition coefficient (Wildman–Crippen LogP) is 5.58. The summed E-state index contributed by atoms with van der Waals surface area (Å²) in [5, 5.41) is 10.6. The molecule has 1 aliphatic heterocycles. The number of amides is 1. The minimum Gasteiger partial charge on any atom is -0.504 e. The Balaban J connectivity index is 1.72. The molecule has 30 heavy (non-hydrogen) atoms. The molecule has 2 aliphatic rings. The topological polar surface area (TPSA) is 62.1 Å². The largest absolute Gasteiger partial charge is 0.504 e. The second-order valence-corrected chi connectivity index (χ2v) is 8.79. The maximum atomic E-state index is 13.5. The number of ether oxygens (including phenoxy) is 1. The third kappa shape index (κ3) is 4.24. The van der Waals surface area contributed by atoms with Gasteiger partial charge in [0.25, 0.3) is 5.91 Å². The second-order valence-electron chi connectivity index (χ2n) is 7.78. The van der Waals surface area contributed by atoms with Crippen LogP contribution >= 0.6 is 11.8 Å². The Kier molecular flexibility index (Phi) is 6.13. The Morgan fingerprint density at radius 2 is 1.93 bits per heavy atom. The van der Waals surface area contributed by atoms with Gasteiger partial charge < -0.3 is 9.84 Å². The van der Waals surface area contributed by atoms with Crippen LogP contribution < -0.4 is 4.74 Å². The normalized spacial score (nSPS) is 24.6. The number of carbonyl (C=O) groups is 1. The number of para-hydroxylation sites is 1. The van der Waals surface area contributed by atoms with E-state index >= 15 is 0 Å².